The summed E-state index contributed by atoms with van der Waals surface area (Å²) in [6, 6.07) is 4.32. The van der Waals surface area contributed by atoms with Gasteiger partial charge < -0.3 is 10.5 Å². The summed E-state index contributed by atoms with van der Waals surface area (Å²) in [5.41, 5.74) is 5.83. The molecule has 0 radical (unpaired) electrons. The Morgan fingerprint density at radius 3 is 2.53 bits per heavy atom. The zero-order valence-corrected chi connectivity index (χ0v) is 10.9. The van der Waals surface area contributed by atoms with E-state index in [1.807, 2.05) is 0 Å². The van der Waals surface area contributed by atoms with Crippen molar-refractivity contribution >= 4 is 29.1 Å². The van der Waals surface area contributed by atoms with Crippen LogP contribution in [-0.4, -0.2) is 26.2 Å². The number of nitrogens with two attached hydrogens (primary N) is 1. The van der Waals surface area contributed by atoms with Gasteiger partial charge in [0.1, 0.15) is 6.04 Å². The first-order valence-electron chi connectivity index (χ1n) is 5.03. The van der Waals surface area contributed by atoms with Gasteiger partial charge in [-0.2, -0.15) is 0 Å². The fourth-order valence-electron chi connectivity index (χ4n) is 1.44. The second kappa shape index (κ2) is 6.81. The van der Waals surface area contributed by atoms with E-state index in [1.165, 1.54) is 0 Å². The Balaban J connectivity index is 2.93. The van der Waals surface area contributed by atoms with Crippen molar-refractivity contribution in [2.75, 3.05) is 20.3 Å². The normalized spacial score (nSPS) is 12.4. The number of hydrogen-bond donors (Lipinski definition) is 2. The second-order valence-electron chi connectivity index (χ2n) is 3.42. The number of benzene rings is 1. The molecular weight excluding hydrogens is 263 g/mol. The molecule has 0 fully saturated rings. The Kier molecular flexibility index (Phi) is 5.71. The molecule has 0 saturated carbocycles. The van der Waals surface area contributed by atoms with Gasteiger partial charge in [0.25, 0.3) is 0 Å². The van der Waals surface area contributed by atoms with Crippen molar-refractivity contribution in [2.24, 2.45) is 5.73 Å². The molecule has 1 amide bonds. The molecule has 0 spiro atoms. The smallest absolute Gasteiger partial charge is 0.239 e. The van der Waals surface area contributed by atoms with Crippen molar-refractivity contribution in [3.8, 4) is 0 Å². The maximum absolute atomic E-state index is 11.4. The average Bonchev–Trinajstić information content (AvgIpc) is 2.26. The van der Waals surface area contributed by atoms with E-state index in [0.29, 0.717) is 28.8 Å². The van der Waals surface area contributed by atoms with Crippen LogP contribution < -0.4 is 11.1 Å². The highest BCUT2D eigenvalue weighted by Gasteiger charge is 2.22. The minimum atomic E-state index is -0.716. The molecular formula is C11H14Cl2N2O2. The number of nitrogens with one attached hydrogen (secondary N) is 1. The molecule has 0 bridgehead atoms. The molecule has 1 aromatic rings. The van der Waals surface area contributed by atoms with Crippen LogP contribution in [0.4, 0.5) is 0 Å². The van der Waals surface area contributed by atoms with Crippen molar-refractivity contribution in [2.45, 2.75) is 6.04 Å². The standard InChI is InChI=1S/C11H14Cl2N2O2/c1-17-6-5-15-10(11(14)16)9-7(12)3-2-4-8(9)13/h2-4,10,15H,5-6H2,1H3,(H2,14,16). The lowest BCUT2D eigenvalue weighted by Crippen LogP contribution is -2.35. The summed E-state index contributed by atoms with van der Waals surface area (Å²) in [7, 11) is 1.57. The molecule has 1 atom stereocenters. The summed E-state index contributed by atoms with van der Waals surface area (Å²) in [5.74, 6) is -0.531. The van der Waals surface area contributed by atoms with Gasteiger partial charge in [0.15, 0.2) is 0 Å². The molecule has 3 N–H and O–H groups in total. The maximum atomic E-state index is 11.4. The molecule has 4 nitrogen and oxygen atoms in total. The number of carbonyl (C=O) groups is 1. The number of rotatable bonds is 6. The Morgan fingerprint density at radius 2 is 2.06 bits per heavy atom. The van der Waals surface area contributed by atoms with E-state index in [2.05, 4.69) is 5.32 Å². The van der Waals surface area contributed by atoms with Gasteiger partial charge in [-0.25, -0.2) is 0 Å². The lowest BCUT2D eigenvalue weighted by atomic mass is 10.1. The molecule has 0 aliphatic rings. The fraction of sp³-hybridized carbons (Fsp3) is 0.364. The Hall–Kier alpha value is -0.810. The summed E-state index contributed by atoms with van der Waals surface area (Å²) >= 11 is 12.0. The van der Waals surface area contributed by atoms with E-state index >= 15 is 0 Å². The molecule has 1 aromatic carbocycles. The third-order valence-corrected chi connectivity index (χ3v) is 2.89. The monoisotopic (exact) mass is 276 g/mol. The van der Waals surface area contributed by atoms with E-state index < -0.39 is 11.9 Å². The van der Waals surface area contributed by atoms with Gasteiger partial charge in [-0.15, -0.1) is 0 Å². The van der Waals surface area contributed by atoms with Crippen LogP contribution in [0.1, 0.15) is 11.6 Å². The van der Waals surface area contributed by atoms with Crippen molar-refractivity contribution in [1.82, 2.24) is 5.32 Å². The number of methoxy groups -OCH3 is 1. The largest absolute Gasteiger partial charge is 0.383 e. The lowest BCUT2D eigenvalue weighted by Gasteiger charge is -2.18. The average molecular weight is 277 g/mol. The number of amides is 1. The van der Waals surface area contributed by atoms with Crippen molar-refractivity contribution in [1.29, 1.82) is 0 Å². The molecule has 0 aliphatic carbocycles. The van der Waals surface area contributed by atoms with Crippen molar-refractivity contribution in [3.63, 3.8) is 0 Å². The highest BCUT2D eigenvalue weighted by Crippen LogP contribution is 2.30. The molecule has 17 heavy (non-hydrogen) atoms. The molecule has 0 saturated heterocycles. The topological polar surface area (TPSA) is 64.3 Å². The van der Waals surface area contributed by atoms with E-state index in [9.17, 15) is 4.79 Å². The Labute approximate surface area is 110 Å². The summed E-state index contributed by atoms with van der Waals surface area (Å²) < 4.78 is 4.89. The van der Waals surface area contributed by atoms with Gasteiger partial charge >= 0.3 is 0 Å². The molecule has 0 aromatic heterocycles. The van der Waals surface area contributed by atoms with E-state index in [1.54, 1.807) is 25.3 Å². The molecule has 0 heterocycles. The predicted molar refractivity (Wildman–Crippen MR) is 68.3 cm³/mol. The van der Waals surface area contributed by atoms with Gasteiger partial charge in [-0.05, 0) is 12.1 Å². The maximum Gasteiger partial charge on any atom is 0.239 e. The summed E-state index contributed by atoms with van der Waals surface area (Å²) in [4.78, 5) is 11.4. The summed E-state index contributed by atoms with van der Waals surface area (Å²) in [5, 5.41) is 3.77. The fourth-order valence-corrected chi connectivity index (χ4v) is 2.05. The predicted octanol–water partition coefficient (Wildman–Crippen LogP) is 1.76. The van der Waals surface area contributed by atoms with Crippen LogP contribution in [-0.2, 0) is 9.53 Å². The number of primary amides is 1. The first kappa shape index (κ1) is 14.3. The highest BCUT2D eigenvalue weighted by molar-refractivity contribution is 6.36. The number of hydrogen-bond acceptors (Lipinski definition) is 3. The molecule has 1 unspecified atom stereocenters. The zero-order chi connectivity index (χ0) is 12.8. The SMILES string of the molecule is COCCNC(C(N)=O)c1c(Cl)cccc1Cl. The van der Waals surface area contributed by atoms with Gasteiger partial charge in [0.2, 0.25) is 5.91 Å². The van der Waals surface area contributed by atoms with Crippen LogP contribution in [0.3, 0.4) is 0 Å². The third-order valence-electron chi connectivity index (χ3n) is 2.23. The second-order valence-corrected chi connectivity index (χ2v) is 4.23. The molecule has 0 aliphatic heterocycles. The number of halogens is 2. The minimum absolute atomic E-state index is 0.409. The van der Waals surface area contributed by atoms with E-state index in [0.717, 1.165) is 0 Å². The first-order valence-corrected chi connectivity index (χ1v) is 5.79. The summed E-state index contributed by atoms with van der Waals surface area (Å²) in [6.07, 6.45) is 0. The van der Waals surface area contributed by atoms with E-state index in [4.69, 9.17) is 33.7 Å². The van der Waals surface area contributed by atoms with Gasteiger partial charge in [0, 0.05) is 29.3 Å². The molecule has 6 heteroatoms. The van der Waals surface area contributed by atoms with Crippen LogP contribution in [0.5, 0.6) is 0 Å². The minimum Gasteiger partial charge on any atom is -0.383 e. The van der Waals surface area contributed by atoms with Gasteiger partial charge in [0.05, 0.1) is 6.61 Å². The molecule has 1 rings (SSSR count). The van der Waals surface area contributed by atoms with Crippen LogP contribution in [0, 0.1) is 0 Å². The quantitative estimate of drug-likeness (QED) is 0.779. The van der Waals surface area contributed by atoms with Crippen LogP contribution >= 0.6 is 23.2 Å². The number of ether oxygens (including phenoxy) is 1. The Bertz CT molecular complexity index is 379. The van der Waals surface area contributed by atoms with Crippen LogP contribution in [0.25, 0.3) is 0 Å². The molecule has 94 valence electrons. The van der Waals surface area contributed by atoms with Crippen LogP contribution in [0.15, 0.2) is 18.2 Å². The van der Waals surface area contributed by atoms with Gasteiger partial charge in [-0.1, -0.05) is 29.3 Å². The van der Waals surface area contributed by atoms with Crippen molar-refractivity contribution < 1.29 is 9.53 Å². The van der Waals surface area contributed by atoms with Crippen LogP contribution in [0.2, 0.25) is 10.0 Å². The zero-order valence-electron chi connectivity index (χ0n) is 9.37. The summed E-state index contributed by atoms with van der Waals surface area (Å²) in [6.45, 7) is 0.942. The highest BCUT2D eigenvalue weighted by atomic mass is 35.5. The number of carbonyl (C=O) groups excluding carboxylic acids is 1. The first-order chi connectivity index (χ1) is 8.07. The lowest BCUT2D eigenvalue weighted by molar-refractivity contribution is -0.120. The van der Waals surface area contributed by atoms with Gasteiger partial charge in [-0.3, -0.25) is 10.1 Å². The van der Waals surface area contributed by atoms with Crippen molar-refractivity contribution in [3.05, 3.63) is 33.8 Å². The third kappa shape index (κ3) is 3.85. The Morgan fingerprint density at radius 1 is 1.47 bits per heavy atom. The van der Waals surface area contributed by atoms with E-state index in [-0.39, 0.29) is 0 Å².